The van der Waals surface area contributed by atoms with Crippen LogP contribution in [0.15, 0.2) is 41.8 Å². The zero-order chi connectivity index (χ0) is 21.3. The lowest BCUT2D eigenvalue weighted by atomic mass is 10.1. The van der Waals surface area contributed by atoms with Gasteiger partial charge < -0.3 is 15.8 Å². The number of nitrogens with zero attached hydrogens (tertiary/aromatic N) is 4. The predicted octanol–water partition coefficient (Wildman–Crippen LogP) is 4.56. The number of methoxy groups -OCH3 is 1. The second-order valence-corrected chi connectivity index (χ2v) is 9.08. The molecule has 0 aliphatic carbocycles. The molecular weight excluding hydrogens is 396 g/mol. The van der Waals surface area contributed by atoms with Crippen molar-refractivity contribution in [2.75, 3.05) is 24.7 Å². The van der Waals surface area contributed by atoms with E-state index < -0.39 is 0 Å². The molecule has 0 aliphatic heterocycles. The fraction of sp³-hybridized carbons (Fsp3) is 0.318. The summed E-state index contributed by atoms with van der Waals surface area (Å²) in [7, 11) is 1.65. The highest BCUT2D eigenvalue weighted by molar-refractivity contribution is 7.09. The van der Waals surface area contributed by atoms with E-state index in [9.17, 15) is 0 Å². The third kappa shape index (κ3) is 3.95. The van der Waals surface area contributed by atoms with Crippen molar-refractivity contribution in [3.63, 3.8) is 0 Å². The highest BCUT2D eigenvalue weighted by Gasteiger charge is 2.24. The molecule has 7 nitrogen and oxygen atoms in total. The fourth-order valence-electron chi connectivity index (χ4n) is 3.31. The first kappa shape index (κ1) is 20.2. The van der Waals surface area contributed by atoms with Crippen LogP contribution in [0.5, 0.6) is 5.75 Å². The van der Waals surface area contributed by atoms with Gasteiger partial charge in [-0.2, -0.15) is 4.98 Å². The normalized spacial score (nSPS) is 11.7. The number of hydrogen-bond donors (Lipinski definition) is 2. The van der Waals surface area contributed by atoms with Gasteiger partial charge in [0, 0.05) is 17.0 Å². The van der Waals surface area contributed by atoms with E-state index in [1.165, 1.54) is 4.88 Å². The molecule has 1 aromatic carbocycles. The number of fused-ring (bicyclic) bond motifs is 1. The zero-order valence-electron chi connectivity index (χ0n) is 17.6. The van der Waals surface area contributed by atoms with Crippen molar-refractivity contribution in [1.82, 2.24) is 19.7 Å². The number of nitrogens with two attached hydrogens (primary N) is 1. The van der Waals surface area contributed by atoms with Crippen molar-refractivity contribution in [3.8, 4) is 17.0 Å². The van der Waals surface area contributed by atoms with Gasteiger partial charge in [-0.25, -0.2) is 9.67 Å². The van der Waals surface area contributed by atoms with Gasteiger partial charge in [-0.15, -0.1) is 16.4 Å². The Bertz CT molecular complexity index is 1140. The highest BCUT2D eigenvalue weighted by Crippen LogP contribution is 2.34. The molecule has 4 aromatic rings. The lowest BCUT2D eigenvalue weighted by Crippen LogP contribution is -2.24. The van der Waals surface area contributed by atoms with Crippen LogP contribution >= 0.6 is 11.3 Å². The molecule has 156 valence electrons. The molecule has 0 radical (unpaired) electrons. The fourth-order valence-corrected chi connectivity index (χ4v) is 4.02. The lowest BCUT2D eigenvalue weighted by molar-refractivity contribution is 0.364. The molecule has 0 saturated carbocycles. The Morgan fingerprint density at radius 3 is 2.53 bits per heavy atom. The minimum Gasteiger partial charge on any atom is -0.497 e. The molecule has 3 heterocycles. The number of ether oxygens (including phenoxy) is 1. The molecule has 0 bridgehead atoms. The average Bonchev–Trinajstić information content (AvgIpc) is 3.35. The summed E-state index contributed by atoms with van der Waals surface area (Å²) in [5.74, 6) is 1.90. The highest BCUT2D eigenvalue weighted by atomic mass is 32.1. The second-order valence-electron chi connectivity index (χ2n) is 8.05. The molecule has 0 atom stereocenters. The van der Waals surface area contributed by atoms with Crippen LogP contribution in [0.2, 0.25) is 0 Å². The van der Waals surface area contributed by atoms with E-state index in [0.717, 1.165) is 35.4 Å². The van der Waals surface area contributed by atoms with E-state index in [1.807, 2.05) is 28.9 Å². The molecule has 0 unspecified atom stereocenters. The largest absolute Gasteiger partial charge is 0.497 e. The van der Waals surface area contributed by atoms with Crippen LogP contribution in [-0.2, 0) is 12.0 Å². The number of aromatic nitrogens is 4. The Kier molecular flexibility index (Phi) is 5.34. The van der Waals surface area contributed by atoms with Crippen LogP contribution in [-0.4, -0.2) is 33.4 Å². The summed E-state index contributed by atoms with van der Waals surface area (Å²) in [6, 6.07) is 12.0. The number of nitrogen functional groups attached to an aromatic ring is 1. The predicted molar refractivity (Wildman–Crippen MR) is 123 cm³/mol. The average molecular weight is 423 g/mol. The Labute approximate surface area is 179 Å². The smallest absolute Gasteiger partial charge is 0.225 e. The number of anilines is 2. The molecule has 0 spiro atoms. The summed E-state index contributed by atoms with van der Waals surface area (Å²) in [5.41, 5.74) is 8.52. The minimum atomic E-state index is -0.269. The molecular formula is C22H26N6OS. The van der Waals surface area contributed by atoms with Crippen molar-refractivity contribution in [2.24, 2.45) is 0 Å². The van der Waals surface area contributed by atoms with E-state index in [2.05, 4.69) is 48.6 Å². The molecule has 0 saturated heterocycles. The Hall–Kier alpha value is -3.13. The van der Waals surface area contributed by atoms with Crippen LogP contribution in [0.4, 0.5) is 11.8 Å². The van der Waals surface area contributed by atoms with E-state index in [0.29, 0.717) is 17.4 Å². The van der Waals surface area contributed by atoms with Gasteiger partial charge in [-0.3, -0.25) is 0 Å². The summed E-state index contributed by atoms with van der Waals surface area (Å²) in [6.07, 6.45) is 0.912. The van der Waals surface area contributed by atoms with Gasteiger partial charge in [-0.05, 0) is 62.9 Å². The molecule has 3 aromatic heterocycles. The van der Waals surface area contributed by atoms with E-state index >= 15 is 0 Å². The summed E-state index contributed by atoms with van der Waals surface area (Å²) >= 11 is 1.75. The number of rotatable bonds is 6. The number of thiophene rings is 1. The maximum absolute atomic E-state index is 6.51. The van der Waals surface area contributed by atoms with Gasteiger partial charge in [0.05, 0.1) is 23.7 Å². The number of hydrogen-bond acceptors (Lipinski definition) is 7. The molecule has 0 fully saturated rings. The summed E-state index contributed by atoms with van der Waals surface area (Å²) in [4.78, 5) is 10.8. The Morgan fingerprint density at radius 2 is 1.90 bits per heavy atom. The van der Waals surface area contributed by atoms with E-state index in [1.54, 1.807) is 18.4 Å². The van der Waals surface area contributed by atoms with E-state index in [4.69, 9.17) is 20.6 Å². The number of benzene rings is 1. The first-order valence-electron chi connectivity index (χ1n) is 9.84. The summed E-state index contributed by atoms with van der Waals surface area (Å²) in [5, 5.41) is 10.9. The maximum atomic E-state index is 6.51. The quantitative estimate of drug-likeness (QED) is 0.473. The molecule has 8 heteroatoms. The number of nitrogens with one attached hydrogen (secondary N) is 1. The monoisotopic (exact) mass is 422 g/mol. The van der Waals surface area contributed by atoms with Crippen LogP contribution in [0.3, 0.4) is 0 Å². The van der Waals surface area contributed by atoms with Crippen LogP contribution in [0.25, 0.3) is 22.3 Å². The topological polar surface area (TPSA) is 90.9 Å². The zero-order valence-corrected chi connectivity index (χ0v) is 18.5. The van der Waals surface area contributed by atoms with Crippen LogP contribution in [0, 0.1) is 0 Å². The third-order valence-electron chi connectivity index (χ3n) is 4.80. The van der Waals surface area contributed by atoms with E-state index in [-0.39, 0.29) is 5.54 Å². The standard InChI is InChI=1S/C22H26N6OS/c1-22(2,3)28-19(23)17-18(14-7-9-15(29-4)10-8-14)25-21(26-20(17)27-28)24-12-11-16-6-5-13-30-16/h5-10,13H,11-12,23H2,1-4H3,(H,24,26,27). The first-order valence-corrected chi connectivity index (χ1v) is 10.7. The first-order chi connectivity index (χ1) is 14.4. The van der Waals surface area contributed by atoms with Crippen LogP contribution < -0.4 is 15.8 Å². The van der Waals surface area contributed by atoms with Gasteiger partial charge in [0.15, 0.2) is 5.65 Å². The van der Waals surface area contributed by atoms with Crippen molar-refractivity contribution in [2.45, 2.75) is 32.7 Å². The van der Waals surface area contributed by atoms with Gasteiger partial charge in [0.2, 0.25) is 5.95 Å². The van der Waals surface area contributed by atoms with Crippen molar-refractivity contribution >= 4 is 34.1 Å². The molecule has 4 rings (SSSR count). The van der Waals surface area contributed by atoms with Gasteiger partial charge in [0.1, 0.15) is 11.6 Å². The minimum absolute atomic E-state index is 0.269. The Morgan fingerprint density at radius 1 is 1.13 bits per heavy atom. The van der Waals surface area contributed by atoms with Crippen molar-refractivity contribution in [3.05, 3.63) is 46.7 Å². The lowest BCUT2D eigenvalue weighted by Gasteiger charge is -2.20. The summed E-state index contributed by atoms with van der Waals surface area (Å²) in [6.45, 7) is 6.94. The molecule has 0 amide bonds. The SMILES string of the molecule is COc1ccc(-c2nc(NCCc3cccs3)nc3nn(C(C)(C)C)c(N)c23)cc1. The Balaban J connectivity index is 1.77. The molecule has 3 N–H and O–H groups in total. The van der Waals surface area contributed by atoms with Crippen LogP contribution in [0.1, 0.15) is 25.6 Å². The van der Waals surface area contributed by atoms with Gasteiger partial charge in [-0.1, -0.05) is 6.07 Å². The summed E-state index contributed by atoms with van der Waals surface area (Å²) < 4.78 is 7.11. The molecule has 30 heavy (non-hydrogen) atoms. The van der Waals surface area contributed by atoms with Crippen molar-refractivity contribution in [1.29, 1.82) is 0 Å². The van der Waals surface area contributed by atoms with Crippen molar-refractivity contribution < 1.29 is 4.74 Å². The second kappa shape index (κ2) is 7.95. The maximum Gasteiger partial charge on any atom is 0.225 e. The third-order valence-corrected chi connectivity index (χ3v) is 5.74. The molecule has 0 aliphatic rings. The van der Waals surface area contributed by atoms with Gasteiger partial charge in [0.25, 0.3) is 0 Å². The van der Waals surface area contributed by atoms with Gasteiger partial charge >= 0.3 is 0 Å².